The second-order valence-corrected chi connectivity index (χ2v) is 7.48. The minimum Gasteiger partial charge on any atom is -0.349 e. The lowest BCUT2D eigenvalue weighted by Gasteiger charge is -2.17. The third-order valence-electron chi connectivity index (χ3n) is 3.60. The smallest absolute Gasteiger partial charge is 0.251 e. The molecule has 0 radical (unpaired) electrons. The first-order valence-electron chi connectivity index (χ1n) is 6.94. The number of nitrogens with two attached hydrogens (primary N) is 1. The predicted octanol–water partition coefficient (Wildman–Crippen LogP) is 2.30. The molecule has 3 N–H and O–H groups in total. The molecule has 0 spiro atoms. The van der Waals surface area contributed by atoms with Gasteiger partial charge in [0, 0.05) is 16.6 Å². The van der Waals surface area contributed by atoms with E-state index < -0.39 is 10.0 Å². The molecule has 1 amide bonds. The third-order valence-corrected chi connectivity index (χ3v) is 4.72. The van der Waals surface area contributed by atoms with Crippen LogP contribution in [0, 0.1) is 5.92 Å². The molecule has 0 heterocycles. The van der Waals surface area contributed by atoms with E-state index >= 15 is 0 Å². The van der Waals surface area contributed by atoms with Gasteiger partial charge < -0.3 is 5.32 Å². The predicted molar refractivity (Wildman–Crippen MR) is 81.7 cm³/mol. The summed E-state index contributed by atoms with van der Waals surface area (Å²) in [5.74, 6) is 0.379. The van der Waals surface area contributed by atoms with Gasteiger partial charge >= 0.3 is 0 Å². The number of benzene rings is 1. The second-order valence-electron chi connectivity index (χ2n) is 5.48. The minimum atomic E-state index is -3.89. The van der Waals surface area contributed by atoms with E-state index in [2.05, 4.69) is 5.32 Å². The number of hydrogen-bond donors (Lipinski definition) is 2. The highest BCUT2D eigenvalue weighted by Crippen LogP contribution is 2.34. The van der Waals surface area contributed by atoms with E-state index in [9.17, 15) is 13.2 Å². The van der Waals surface area contributed by atoms with E-state index in [1.165, 1.54) is 31.0 Å². The quantitative estimate of drug-likeness (QED) is 0.838. The monoisotopic (exact) mass is 330 g/mol. The fraction of sp³-hybridized carbons (Fsp3) is 0.500. The molecule has 2 rings (SSSR count). The lowest BCUT2D eigenvalue weighted by Crippen LogP contribution is -2.34. The SMILES string of the molecule is CCC(CC1CC1)NC(=O)c1cc(Cl)cc(S(N)(=O)=O)c1. The summed E-state index contributed by atoms with van der Waals surface area (Å²) in [5.41, 5.74) is 0.209. The Morgan fingerprint density at radius 3 is 2.62 bits per heavy atom. The molecular weight excluding hydrogens is 312 g/mol. The summed E-state index contributed by atoms with van der Waals surface area (Å²) >= 11 is 5.86. The number of rotatable bonds is 6. The van der Waals surface area contributed by atoms with Gasteiger partial charge in [-0.25, -0.2) is 13.6 Å². The molecular formula is C14H19ClN2O3S. The van der Waals surface area contributed by atoms with Crippen LogP contribution < -0.4 is 10.5 Å². The van der Waals surface area contributed by atoms with Gasteiger partial charge in [-0.2, -0.15) is 0 Å². The number of hydrogen-bond acceptors (Lipinski definition) is 3. The van der Waals surface area contributed by atoms with Crippen LogP contribution in [-0.2, 0) is 10.0 Å². The molecule has 0 aliphatic heterocycles. The van der Waals surface area contributed by atoms with E-state index in [4.69, 9.17) is 16.7 Å². The number of nitrogens with one attached hydrogen (secondary N) is 1. The number of carbonyl (C=O) groups excluding carboxylic acids is 1. The molecule has 1 atom stereocenters. The van der Waals surface area contributed by atoms with Crippen LogP contribution in [0.3, 0.4) is 0 Å². The maximum absolute atomic E-state index is 12.2. The average Bonchev–Trinajstić information content (AvgIpc) is 3.20. The average molecular weight is 331 g/mol. The molecule has 1 unspecified atom stereocenters. The molecule has 1 aliphatic carbocycles. The van der Waals surface area contributed by atoms with Crippen LogP contribution in [0.25, 0.3) is 0 Å². The Labute approximate surface area is 129 Å². The maximum Gasteiger partial charge on any atom is 0.251 e. The van der Waals surface area contributed by atoms with Crippen molar-refractivity contribution >= 4 is 27.5 Å². The normalized spacial score (nSPS) is 16.5. The van der Waals surface area contributed by atoms with Gasteiger partial charge in [0.05, 0.1) is 4.90 Å². The summed E-state index contributed by atoms with van der Waals surface area (Å²) in [4.78, 5) is 12.1. The van der Waals surface area contributed by atoms with Crippen molar-refractivity contribution in [3.8, 4) is 0 Å². The Hall–Kier alpha value is -1.11. The summed E-state index contributed by atoms with van der Waals surface area (Å²) < 4.78 is 22.8. The van der Waals surface area contributed by atoms with Crippen molar-refractivity contribution in [1.29, 1.82) is 0 Å². The molecule has 1 aromatic carbocycles. The van der Waals surface area contributed by atoms with Crippen LogP contribution in [0.4, 0.5) is 0 Å². The second kappa shape index (κ2) is 6.34. The number of primary sulfonamides is 1. The van der Waals surface area contributed by atoms with Gasteiger partial charge in [0.2, 0.25) is 10.0 Å². The zero-order chi connectivity index (χ0) is 15.6. The maximum atomic E-state index is 12.2. The molecule has 1 fully saturated rings. The molecule has 116 valence electrons. The van der Waals surface area contributed by atoms with Crippen molar-refractivity contribution in [3.05, 3.63) is 28.8 Å². The molecule has 5 nitrogen and oxygen atoms in total. The number of amides is 1. The summed E-state index contributed by atoms with van der Waals surface area (Å²) in [6, 6.07) is 4.02. The summed E-state index contributed by atoms with van der Waals surface area (Å²) in [5, 5.41) is 8.17. The molecule has 1 saturated carbocycles. The Bertz CT molecular complexity index is 642. The van der Waals surface area contributed by atoms with Crippen LogP contribution in [0.1, 0.15) is 43.0 Å². The molecule has 0 saturated heterocycles. The van der Waals surface area contributed by atoms with E-state index in [0.717, 1.165) is 12.8 Å². The third kappa shape index (κ3) is 4.69. The standard InChI is InChI=1S/C14H19ClN2O3S/c1-2-12(5-9-3-4-9)17-14(18)10-6-11(15)8-13(7-10)21(16,19)20/h6-9,12H,2-5H2,1H3,(H,17,18)(H2,16,19,20). The number of halogens is 1. The molecule has 7 heteroatoms. The zero-order valence-electron chi connectivity index (χ0n) is 11.8. The number of carbonyl (C=O) groups is 1. The van der Waals surface area contributed by atoms with Crippen LogP contribution in [0.2, 0.25) is 5.02 Å². The molecule has 0 aromatic heterocycles. The first kappa shape index (κ1) is 16.3. The van der Waals surface area contributed by atoms with E-state index in [-0.39, 0.29) is 27.4 Å². The Morgan fingerprint density at radius 2 is 2.10 bits per heavy atom. The van der Waals surface area contributed by atoms with Gasteiger partial charge in [0.1, 0.15) is 0 Å². The highest BCUT2D eigenvalue weighted by molar-refractivity contribution is 7.89. The van der Waals surface area contributed by atoms with Crippen molar-refractivity contribution in [2.45, 2.75) is 43.5 Å². The number of sulfonamides is 1. The van der Waals surface area contributed by atoms with Gasteiger partial charge in [-0.05, 0) is 37.0 Å². The Kier molecular flexibility index (Phi) is 4.91. The van der Waals surface area contributed by atoms with E-state index in [1.54, 1.807) is 0 Å². The van der Waals surface area contributed by atoms with Crippen molar-refractivity contribution in [3.63, 3.8) is 0 Å². The van der Waals surface area contributed by atoms with Crippen molar-refractivity contribution < 1.29 is 13.2 Å². The summed E-state index contributed by atoms with van der Waals surface area (Å²) in [7, 11) is -3.89. The van der Waals surface area contributed by atoms with E-state index in [0.29, 0.717) is 5.92 Å². The van der Waals surface area contributed by atoms with Crippen LogP contribution >= 0.6 is 11.6 Å². The van der Waals surface area contributed by atoms with Crippen molar-refractivity contribution in [2.75, 3.05) is 0 Å². The highest BCUT2D eigenvalue weighted by Gasteiger charge is 2.26. The van der Waals surface area contributed by atoms with E-state index in [1.807, 2.05) is 6.92 Å². The first-order valence-corrected chi connectivity index (χ1v) is 8.86. The molecule has 1 aliphatic rings. The van der Waals surface area contributed by atoms with Gasteiger partial charge in [-0.1, -0.05) is 31.4 Å². The molecule has 1 aromatic rings. The van der Waals surface area contributed by atoms with Gasteiger partial charge in [0.15, 0.2) is 0 Å². The lowest BCUT2D eigenvalue weighted by atomic mass is 10.1. The van der Waals surface area contributed by atoms with Gasteiger partial charge in [0.25, 0.3) is 5.91 Å². The largest absolute Gasteiger partial charge is 0.349 e. The Morgan fingerprint density at radius 1 is 1.43 bits per heavy atom. The van der Waals surface area contributed by atoms with Crippen LogP contribution in [0.15, 0.2) is 23.1 Å². The van der Waals surface area contributed by atoms with Crippen molar-refractivity contribution in [1.82, 2.24) is 5.32 Å². The first-order chi connectivity index (χ1) is 9.79. The van der Waals surface area contributed by atoms with Crippen LogP contribution in [0.5, 0.6) is 0 Å². The van der Waals surface area contributed by atoms with Crippen LogP contribution in [-0.4, -0.2) is 20.4 Å². The topological polar surface area (TPSA) is 89.3 Å². The van der Waals surface area contributed by atoms with Gasteiger partial charge in [-0.3, -0.25) is 4.79 Å². The fourth-order valence-electron chi connectivity index (χ4n) is 2.21. The van der Waals surface area contributed by atoms with Gasteiger partial charge in [-0.15, -0.1) is 0 Å². The minimum absolute atomic E-state index is 0.0990. The lowest BCUT2D eigenvalue weighted by molar-refractivity contribution is 0.0932. The molecule has 21 heavy (non-hydrogen) atoms. The zero-order valence-corrected chi connectivity index (χ0v) is 13.4. The highest BCUT2D eigenvalue weighted by atomic mass is 35.5. The molecule has 0 bridgehead atoms. The van der Waals surface area contributed by atoms with Crippen molar-refractivity contribution in [2.24, 2.45) is 11.1 Å². The summed E-state index contributed by atoms with van der Waals surface area (Å²) in [6.45, 7) is 2.01. The Balaban J connectivity index is 2.16. The fourth-order valence-corrected chi connectivity index (χ4v) is 3.09. The summed E-state index contributed by atoms with van der Waals surface area (Å²) in [6.07, 6.45) is 4.24.